The largest absolute Gasteiger partial charge is 0.357 e. The summed E-state index contributed by atoms with van der Waals surface area (Å²) in [5.41, 5.74) is 0. The predicted octanol–water partition coefficient (Wildman–Crippen LogP) is 2.28. The predicted molar refractivity (Wildman–Crippen MR) is 90.6 cm³/mol. The molecule has 0 heterocycles. The third-order valence-corrected chi connectivity index (χ3v) is 3.40. The first kappa shape index (κ1) is 19.7. The van der Waals surface area contributed by atoms with Gasteiger partial charge in [-0.1, -0.05) is 40.0 Å². The van der Waals surface area contributed by atoms with E-state index >= 15 is 0 Å². The molecule has 0 aromatic heterocycles. The van der Waals surface area contributed by atoms with Crippen molar-refractivity contribution < 1.29 is 4.79 Å². The topological polar surface area (TPSA) is 65.5 Å². The van der Waals surface area contributed by atoms with E-state index in [1.54, 1.807) is 0 Å². The highest BCUT2D eigenvalue weighted by Crippen LogP contribution is 2.10. The van der Waals surface area contributed by atoms with Crippen molar-refractivity contribution in [3.8, 4) is 0 Å². The molecule has 3 N–H and O–H groups in total. The minimum Gasteiger partial charge on any atom is -0.357 e. The lowest BCUT2D eigenvalue weighted by atomic mass is 9.99. The lowest BCUT2D eigenvalue weighted by molar-refractivity contribution is -0.119. The summed E-state index contributed by atoms with van der Waals surface area (Å²) >= 11 is 0. The molecular formula is C16H34N4O. The van der Waals surface area contributed by atoms with Crippen molar-refractivity contribution in [1.82, 2.24) is 16.0 Å². The number of aliphatic imine (C=N–C) groups is 1. The van der Waals surface area contributed by atoms with Crippen LogP contribution in [0, 0.1) is 5.92 Å². The first-order valence-corrected chi connectivity index (χ1v) is 8.46. The molecule has 21 heavy (non-hydrogen) atoms. The normalized spacial score (nSPS) is 12.9. The van der Waals surface area contributed by atoms with Gasteiger partial charge in [0.05, 0.1) is 0 Å². The van der Waals surface area contributed by atoms with E-state index in [1.165, 1.54) is 25.7 Å². The Morgan fingerprint density at radius 2 is 1.81 bits per heavy atom. The van der Waals surface area contributed by atoms with Crippen LogP contribution in [0.4, 0.5) is 0 Å². The summed E-state index contributed by atoms with van der Waals surface area (Å²) in [4.78, 5) is 15.9. The summed E-state index contributed by atoms with van der Waals surface area (Å²) in [6.07, 6.45) is 5.87. The zero-order valence-electron chi connectivity index (χ0n) is 14.3. The van der Waals surface area contributed by atoms with E-state index in [1.807, 2.05) is 13.8 Å². The van der Waals surface area contributed by atoms with Gasteiger partial charge in [-0.05, 0) is 25.7 Å². The van der Waals surface area contributed by atoms with Crippen molar-refractivity contribution in [3.63, 3.8) is 0 Å². The molecule has 0 aliphatic heterocycles. The number of rotatable bonds is 11. The number of hydrogen-bond donors (Lipinski definition) is 3. The quantitative estimate of drug-likeness (QED) is 0.405. The fraction of sp³-hybridized carbons (Fsp3) is 0.875. The van der Waals surface area contributed by atoms with Gasteiger partial charge in [0.25, 0.3) is 0 Å². The Morgan fingerprint density at radius 3 is 2.38 bits per heavy atom. The van der Waals surface area contributed by atoms with Crippen LogP contribution in [0.5, 0.6) is 0 Å². The zero-order valence-corrected chi connectivity index (χ0v) is 14.3. The van der Waals surface area contributed by atoms with Crippen molar-refractivity contribution in [2.24, 2.45) is 10.9 Å². The van der Waals surface area contributed by atoms with Crippen molar-refractivity contribution in [3.05, 3.63) is 0 Å². The number of guanidine groups is 1. The van der Waals surface area contributed by atoms with E-state index in [0.29, 0.717) is 12.5 Å². The number of unbranched alkanes of at least 4 members (excludes halogenated alkanes) is 1. The summed E-state index contributed by atoms with van der Waals surface area (Å²) in [5, 5.41) is 9.37. The molecule has 0 aromatic carbocycles. The molecule has 0 bridgehead atoms. The van der Waals surface area contributed by atoms with Crippen LogP contribution in [-0.2, 0) is 4.79 Å². The van der Waals surface area contributed by atoms with E-state index in [0.717, 1.165) is 25.5 Å². The molecule has 124 valence electrons. The molecule has 0 saturated carbocycles. The summed E-state index contributed by atoms with van der Waals surface area (Å²) in [6, 6.07) is 0. The lowest BCUT2D eigenvalue weighted by Gasteiger charge is -2.17. The standard InChI is InChI=1S/C16H34N4O/c1-5-9-10-14(7-3)12-19-16(17-8-4)20-13-15(21)18-11-6-2/h14H,5-13H2,1-4H3,(H,18,21)(H2,17,19,20). The van der Waals surface area contributed by atoms with Gasteiger partial charge < -0.3 is 16.0 Å². The van der Waals surface area contributed by atoms with Gasteiger partial charge in [0.2, 0.25) is 5.91 Å². The van der Waals surface area contributed by atoms with Gasteiger partial charge in [0.1, 0.15) is 6.54 Å². The highest BCUT2D eigenvalue weighted by molar-refractivity contribution is 5.84. The van der Waals surface area contributed by atoms with Crippen LogP contribution in [0.15, 0.2) is 4.99 Å². The first-order chi connectivity index (χ1) is 10.2. The maximum atomic E-state index is 11.6. The highest BCUT2D eigenvalue weighted by atomic mass is 16.1. The molecule has 0 radical (unpaired) electrons. The Balaban J connectivity index is 4.23. The number of nitrogens with one attached hydrogen (secondary N) is 3. The molecule has 0 aromatic rings. The number of carbonyl (C=O) groups excluding carboxylic acids is 1. The van der Waals surface area contributed by atoms with Crippen LogP contribution in [0.3, 0.4) is 0 Å². The fourth-order valence-corrected chi connectivity index (χ4v) is 2.00. The Kier molecular flexibility index (Phi) is 12.9. The van der Waals surface area contributed by atoms with E-state index in [2.05, 4.69) is 34.8 Å². The van der Waals surface area contributed by atoms with Gasteiger partial charge in [-0.3, -0.25) is 4.79 Å². The Hall–Kier alpha value is -1.26. The van der Waals surface area contributed by atoms with Crippen molar-refractivity contribution >= 4 is 11.9 Å². The smallest absolute Gasteiger partial charge is 0.241 e. The minimum absolute atomic E-state index is 0.0212. The Morgan fingerprint density at radius 1 is 1.05 bits per heavy atom. The molecule has 1 unspecified atom stereocenters. The summed E-state index contributed by atoms with van der Waals surface area (Å²) < 4.78 is 0. The molecular weight excluding hydrogens is 264 g/mol. The van der Waals surface area contributed by atoms with E-state index in [4.69, 9.17) is 0 Å². The molecule has 5 heteroatoms. The van der Waals surface area contributed by atoms with Crippen LogP contribution in [0.25, 0.3) is 0 Å². The Labute approximate surface area is 130 Å². The van der Waals surface area contributed by atoms with Crippen LogP contribution in [-0.4, -0.2) is 38.0 Å². The van der Waals surface area contributed by atoms with E-state index in [-0.39, 0.29) is 12.5 Å². The molecule has 0 saturated heterocycles. The third kappa shape index (κ3) is 11.1. The SMILES string of the molecule is CCCCC(CC)CNC(=NCC(=O)NCCC)NCC. The van der Waals surface area contributed by atoms with Crippen molar-refractivity contribution in [2.45, 2.75) is 59.8 Å². The first-order valence-electron chi connectivity index (χ1n) is 8.46. The van der Waals surface area contributed by atoms with Crippen LogP contribution in [0.1, 0.15) is 59.8 Å². The zero-order chi connectivity index (χ0) is 15.9. The Bertz CT molecular complexity index is 292. The number of amides is 1. The van der Waals surface area contributed by atoms with Crippen LogP contribution < -0.4 is 16.0 Å². The lowest BCUT2D eigenvalue weighted by Crippen LogP contribution is -2.40. The summed E-state index contributed by atoms with van der Waals surface area (Å²) in [7, 11) is 0. The van der Waals surface area contributed by atoms with Gasteiger partial charge in [-0.2, -0.15) is 0 Å². The second kappa shape index (κ2) is 13.7. The number of carbonyl (C=O) groups is 1. The highest BCUT2D eigenvalue weighted by Gasteiger charge is 2.07. The fourth-order valence-electron chi connectivity index (χ4n) is 2.00. The maximum Gasteiger partial charge on any atom is 0.241 e. The average Bonchev–Trinajstić information content (AvgIpc) is 2.50. The van der Waals surface area contributed by atoms with Gasteiger partial charge in [0.15, 0.2) is 5.96 Å². The van der Waals surface area contributed by atoms with Gasteiger partial charge >= 0.3 is 0 Å². The molecule has 1 atom stereocenters. The molecule has 0 aliphatic carbocycles. The second-order valence-electron chi connectivity index (χ2n) is 5.34. The average molecular weight is 298 g/mol. The molecule has 5 nitrogen and oxygen atoms in total. The summed E-state index contributed by atoms with van der Waals surface area (Å²) in [5.74, 6) is 1.38. The van der Waals surface area contributed by atoms with Crippen molar-refractivity contribution in [1.29, 1.82) is 0 Å². The third-order valence-electron chi connectivity index (χ3n) is 3.40. The number of hydrogen-bond acceptors (Lipinski definition) is 2. The number of nitrogens with zero attached hydrogens (tertiary/aromatic N) is 1. The van der Waals surface area contributed by atoms with Gasteiger partial charge in [-0.25, -0.2) is 4.99 Å². The molecule has 0 rings (SSSR count). The maximum absolute atomic E-state index is 11.6. The molecule has 0 fully saturated rings. The minimum atomic E-state index is -0.0212. The van der Waals surface area contributed by atoms with E-state index in [9.17, 15) is 4.79 Å². The molecule has 0 spiro atoms. The van der Waals surface area contributed by atoms with Crippen LogP contribution >= 0.6 is 0 Å². The molecule has 0 aliphatic rings. The summed E-state index contributed by atoms with van der Waals surface area (Å²) in [6.45, 7) is 11.1. The molecule has 1 amide bonds. The van der Waals surface area contributed by atoms with Gasteiger partial charge in [0, 0.05) is 19.6 Å². The van der Waals surface area contributed by atoms with Gasteiger partial charge in [-0.15, -0.1) is 0 Å². The second-order valence-corrected chi connectivity index (χ2v) is 5.34. The van der Waals surface area contributed by atoms with E-state index < -0.39 is 0 Å². The monoisotopic (exact) mass is 298 g/mol. The van der Waals surface area contributed by atoms with Crippen molar-refractivity contribution in [2.75, 3.05) is 26.2 Å². The van der Waals surface area contributed by atoms with Crippen LogP contribution in [0.2, 0.25) is 0 Å².